The lowest BCUT2D eigenvalue weighted by Crippen LogP contribution is -3.17. The van der Waals surface area contributed by atoms with Crippen LogP contribution in [0, 0.1) is 5.92 Å². The van der Waals surface area contributed by atoms with Crippen molar-refractivity contribution < 1.29 is 19.2 Å². The topological polar surface area (TPSA) is 63.1 Å². The number of hydrogen-bond donors (Lipinski definition) is 2. The van der Waals surface area contributed by atoms with Crippen LogP contribution in [0.25, 0.3) is 0 Å². The van der Waals surface area contributed by atoms with Crippen molar-refractivity contribution in [2.45, 2.75) is 38.8 Å². The highest BCUT2D eigenvalue weighted by Crippen LogP contribution is 2.24. The maximum Gasteiger partial charge on any atom is 0.365 e. The number of fused-ring (bicyclic) bond motifs is 1. The van der Waals surface area contributed by atoms with Gasteiger partial charge in [-0.2, -0.15) is 0 Å². The maximum atomic E-state index is 12.8. The van der Waals surface area contributed by atoms with Crippen LogP contribution < -0.4 is 15.1 Å². The Bertz CT molecular complexity index is 920. The van der Waals surface area contributed by atoms with E-state index in [0.29, 0.717) is 13.0 Å². The highest BCUT2D eigenvalue weighted by molar-refractivity contribution is 5.91. The van der Waals surface area contributed by atoms with Crippen molar-refractivity contribution in [3.05, 3.63) is 59.7 Å². The molecule has 0 spiro atoms. The van der Waals surface area contributed by atoms with E-state index in [4.69, 9.17) is 4.74 Å². The first-order valence-electron chi connectivity index (χ1n) is 11.2. The lowest BCUT2D eigenvalue weighted by atomic mass is 9.94. The molecule has 164 valence electrons. The third-order valence-electron chi connectivity index (χ3n) is 6.63. The van der Waals surface area contributed by atoms with Crippen LogP contribution in [0.2, 0.25) is 0 Å². The van der Waals surface area contributed by atoms with Gasteiger partial charge in [0, 0.05) is 36.4 Å². The van der Waals surface area contributed by atoms with Crippen LogP contribution in [0.5, 0.6) is 0 Å². The number of methoxy groups -OCH3 is 1. The normalized spacial score (nSPS) is 21.3. The molecule has 2 aliphatic heterocycles. The molecule has 1 fully saturated rings. The first-order chi connectivity index (χ1) is 15.0. The Labute approximate surface area is 184 Å². The number of quaternary nitrogens is 1. The summed E-state index contributed by atoms with van der Waals surface area (Å²) in [5, 5.41) is 3.00. The van der Waals surface area contributed by atoms with Crippen LogP contribution in [-0.4, -0.2) is 44.7 Å². The third kappa shape index (κ3) is 5.07. The largest absolute Gasteiger partial charge is 0.465 e. The molecule has 31 heavy (non-hydrogen) atoms. The van der Waals surface area contributed by atoms with E-state index in [9.17, 15) is 9.59 Å². The number of benzene rings is 2. The van der Waals surface area contributed by atoms with Gasteiger partial charge in [0.05, 0.1) is 7.11 Å². The predicted molar refractivity (Wildman–Crippen MR) is 121 cm³/mol. The van der Waals surface area contributed by atoms with Crippen molar-refractivity contribution in [3.8, 4) is 0 Å². The number of esters is 1. The Morgan fingerprint density at radius 2 is 1.74 bits per heavy atom. The molecule has 1 unspecified atom stereocenters. The molecule has 2 aliphatic rings. The van der Waals surface area contributed by atoms with Gasteiger partial charge in [0.15, 0.2) is 12.6 Å². The molecule has 1 saturated heterocycles. The summed E-state index contributed by atoms with van der Waals surface area (Å²) in [6.45, 7) is 5.34. The van der Waals surface area contributed by atoms with Gasteiger partial charge in [-0.25, -0.2) is 4.79 Å². The monoisotopic (exact) mass is 422 g/mol. The molecule has 2 N–H and O–H groups in total. The van der Waals surface area contributed by atoms with E-state index < -0.39 is 0 Å². The first-order valence-corrected chi connectivity index (χ1v) is 11.2. The number of hydrogen-bond acceptors (Lipinski definition) is 4. The molecular weight excluding hydrogens is 390 g/mol. The summed E-state index contributed by atoms with van der Waals surface area (Å²) >= 11 is 0. The lowest BCUT2D eigenvalue weighted by molar-refractivity contribution is -0.924. The van der Waals surface area contributed by atoms with Gasteiger partial charge in [-0.15, -0.1) is 0 Å². The number of nitrogens with zero attached hydrogens (tertiary/aromatic N) is 1. The maximum absolute atomic E-state index is 12.8. The van der Waals surface area contributed by atoms with E-state index in [1.54, 1.807) is 0 Å². The van der Waals surface area contributed by atoms with Gasteiger partial charge >= 0.3 is 5.97 Å². The van der Waals surface area contributed by atoms with Gasteiger partial charge in [-0.3, -0.25) is 4.79 Å². The quantitative estimate of drug-likeness (QED) is 0.724. The molecule has 2 aromatic rings. The number of amides is 1. The molecule has 0 saturated carbocycles. The number of carbonyl (C=O) groups is 2. The van der Waals surface area contributed by atoms with Crippen LogP contribution in [0.3, 0.4) is 0 Å². The second kappa shape index (κ2) is 9.52. The molecule has 2 atom stereocenters. The molecule has 0 radical (unpaired) electrons. The van der Waals surface area contributed by atoms with Gasteiger partial charge in [0.1, 0.15) is 6.54 Å². The Morgan fingerprint density at radius 1 is 1.06 bits per heavy atom. The summed E-state index contributed by atoms with van der Waals surface area (Å²) in [6, 6.07) is 15.8. The summed E-state index contributed by atoms with van der Waals surface area (Å²) in [5.74, 6) is 0.438. The van der Waals surface area contributed by atoms with Crippen LogP contribution in [-0.2, 0) is 27.3 Å². The summed E-state index contributed by atoms with van der Waals surface area (Å²) in [7, 11) is 1.41. The van der Waals surface area contributed by atoms with E-state index in [2.05, 4.69) is 35.3 Å². The minimum Gasteiger partial charge on any atom is -0.465 e. The third-order valence-corrected chi connectivity index (χ3v) is 6.63. The van der Waals surface area contributed by atoms with Gasteiger partial charge in [0.25, 0.3) is 5.91 Å². The number of nitrogens with one attached hydrogen (secondary N) is 2. The van der Waals surface area contributed by atoms with Gasteiger partial charge in [-0.05, 0) is 48.6 Å². The zero-order valence-corrected chi connectivity index (χ0v) is 18.4. The Kier molecular flexibility index (Phi) is 6.56. The number of piperidine rings is 1. The molecule has 4 rings (SSSR count). The second-order valence-corrected chi connectivity index (χ2v) is 8.83. The smallest absolute Gasteiger partial charge is 0.365 e. The SMILES string of the molecule is COC(=O)[C@H]1Cc2ccccc2C[NH+]1CC(=O)Nc1ccc(N2CCC(C)CC2)cc1. The summed E-state index contributed by atoms with van der Waals surface area (Å²) in [6.07, 6.45) is 3.04. The summed E-state index contributed by atoms with van der Waals surface area (Å²) < 4.78 is 5.02. The van der Waals surface area contributed by atoms with E-state index in [0.717, 1.165) is 35.2 Å². The summed E-state index contributed by atoms with van der Waals surface area (Å²) in [5.41, 5.74) is 4.33. The second-order valence-electron chi connectivity index (χ2n) is 8.83. The fraction of sp³-hybridized carbons (Fsp3) is 0.440. The molecule has 6 nitrogen and oxygen atoms in total. The Morgan fingerprint density at radius 3 is 2.42 bits per heavy atom. The van der Waals surface area contributed by atoms with Crippen molar-refractivity contribution in [1.29, 1.82) is 0 Å². The van der Waals surface area contributed by atoms with Gasteiger partial charge in [0.2, 0.25) is 0 Å². The molecule has 6 heteroatoms. The minimum absolute atomic E-state index is 0.0946. The van der Waals surface area contributed by atoms with E-state index in [1.807, 2.05) is 30.3 Å². The van der Waals surface area contributed by atoms with Crippen molar-refractivity contribution in [3.63, 3.8) is 0 Å². The van der Waals surface area contributed by atoms with Crippen LogP contribution in [0.15, 0.2) is 48.5 Å². The Balaban J connectivity index is 1.38. The molecule has 0 bridgehead atoms. The molecule has 1 amide bonds. The van der Waals surface area contributed by atoms with Gasteiger partial charge in [-0.1, -0.05) is 31.2 Å². The van der Waals surface area contributed by atoms with Crippen molar-refractivity contribution in [2.75, 3.05) is 37.0 Å². The average Bonchev–Trinajstić information content (AvgIpc) is 2.79. The van der Waals surface area contributed by atoms with Crippen molar-refractivity contribution >= 4 is 23.3 Å². The fourth-order valence-corrected chi connectivity index (χ4v) is 4.67. The molecule has 0 aromatic heterocycles. The number of anilines is 2. The average molecular weight is 423 g/mol. The van der Waals surface area contributed by atoms with Crippen LogP contribution >= 0.6 is 0 Å². The fourth-order valence-electron chi connectivity index (χ4n) is 4.67. The highest BCUT2D eigenvalue weighted by Gasteiger charge is 2.37. The first kappa shape index (κ1) is 21.4. The zero-order chi connectivity index (χ0) is 21.8. The molecule has 2 aromatic carbocycles. The number of ether oxygens (including phenoxy) is 1. The number of rotatable bonds is 5. The summed E-state index contributed by atoms with van der Waals surface area (Å²) in [4.78, 5) is 28.5. The molecular formula is C25H32N3O3+. The minimum atomic E-state index is -0.366. The van der Waals surface area contributed by atoms with Crippen LogP contribution in [0.1, 0.15) is 30.9 Å². The Hall–Kier alpha value is -2.86. The zero-order valence-electron chi connectivity index (χ0n) is 18.4. The lowest BCUT2D eigenvalue weighted by Gasteiger charge is -2.32. The molecule has 2 heterocycles. The van der Waals surface area contributed by atoms with E-state index in [1.165, 1.54) is 31.2 Å². The van der Waals surface area contributed by atoms with Crippen molar-refractivity contribution in [2.24, 2.45) is 5.92 Å². The van der Waals surface area contributed by atoms with Crippen LogP contribution in [0.4, 0.5) is 11.4 Å². The number of carbonyl (C=O) groups excluding carboxylic acids is 2. The highest BCUT2D eigenvalue weighted by atomic mass is 16.5. The molecule has 0 aliphatic carbocycles. The standard InChI is InChI=1S/C25H31N3O3/c1-18-11-13-27(14-12-18)22-9-7-21(8-10-22)26-24(29)17-28-16-20-6-4-3-5-19(20)15-23(28)25(30)31-2/h3-10,18,23H,11-17H2,1-2H3,(H,26,29)/p+1/t23-/m1/s1. The van der Waals surface area contributed by atoms with E-state index in [-0.39, 0.29) is 24.5 Å². The van der Waals surface area contributed by atoms with E-state index >= 15 is 0 Å². The predicted octanol–water partition coefficient (Wildman–Crippen LogP) is 2.04. The van der Waals surface area contributed by atoms with Crippen molar-refractivity contribution in [1.82, 2.24) is 0 Å². The van der Waals surface area contributed by atoms with Gasteiger partial charge < -0.3 is 19.9 Å².